The quantitative estimate of drug-likeness (QED) is 0.612. The summed E-state index contributed by atoms with van der Waals surface area (Å²) < 4.78 is 1.92. The van der Waals surface area contributed by atoms with Crippen molar-refractivity contribution in [2.75, 3.05) is 32.7 Å². The fourth-order valence-electron chi connectivity index (χ4n) is 6.03. The molecule has 3 heterocycles. The predicted molar refractivity (Wildman–Crippen MR) is 133 cm³/mol. The van der Waals surface area contributed by atoms with Crippen LogP contribution in [0.15, 0.2) is 29.1 Å². The summed E-state index contributed by atoms with van der Waals surface area (Å²) in [5.41, 5.74) is 1.76. The highest BCUT2D eigenvalue weighted by Gasteiger charge is 2.34. The third-order valence-corrected chi connectivity index (χ3v) is 7.87. The number of nitrogens with one attached hydrogen (secondary N) is 2. The smallest absolute Gasteiger partial charge is 0.326 e. The third kappa shape index (κ3) is 6.34. The lowest BCUT2D eigenvalue weighted by Crippen LogP contribution is -3.13. The van der Waals surface area contributed by atoms with Crippen LogP contribution in [0.5, 0.6) is 0 Å². The Kier molecular flexibility index (Phi) is 7.69. The van der Waals surface area contributed by atoms with E-state index in [-0.39, 0.29) is 41.3 Å². The number of benzene rings is 1. The topological polar surface area (TPSA) is 103 Å². The highest BCUT2D eigenvalue weighted by atomic mass is 16.4. The molecule has 0 bridgehead atoms. The molecule has 2 N–H and O–H groups in total. The summed E-state index contributed by atoms with van der Waals surface area (Å²) in [6.45, 7) is 10.4. The van der Waals surface area contributed by atoms with E-state index in [0.717, 1.165) is 56.4 Å². The van der Waals surface area contributed by atoms with Crippen molar-refractivity contribution >= 4 is 22.9 Å². The largest absolute Gasteiger partial charge is 0.550 e. The number of hydrogen-bond donors (Lipinski definition) is 2. The number of likely N-dealkylation sites (tertiary alicyclic amines) is 2. The van der Waals surface area contributed by atoms with E-state index >= 15 is 0 Å². The summed E-state index contributed by atoms with van der Waals surface area (Å²) >= 11 is 0. The van der Waals surface area contributed by atoms with Gasteiger partial charge in [0.25, 0.3) is 0 Å². The maximum absolute atomic E-state index is 12.8. The summed E-state index contributed by atoms with van der Waals surface area (Å²) in [4.78, 5) is 43.2. The van der Waals surface area contributed by atoms with Crippen LogP contribution in [-0.4, -0.2) is 59.1 Å². The molecule has 2 aliphatic heterocycles. The zero-order valence-corrected chi connectivity index (χ0v) is 21.3. The van der Waals surface area contributed by atoms with E-state index in [2.05, 4.69) is 25.8 Å². The van der Waals surface area contributed by atoms with E-state index in [1.165, 1.54) is 4.90 Å². The number of rotatable bonds is 7. The number of imidazole rings is 1. The summed E-state index contributed by atoms with van der Waals surface area (Å²) in [5.74, 6) is -0.564. The maximum Gasteiger partial charge on any atom is 0.326 e. The van der Waals surface area contributed by atoms with Crippen LogP contribution < -0.4 is 15.7 Å². The highest BCUT2D eigenvalue weighted by Crippen LogP contribution is 2.30. The Morgan fingerprint density at radius 2 is 1.83 bits per heavy atom. The van der Waals surface area contributed by atoms with Gasteiger partial charge >= 0.3 is 5.69 Å². The zero-order chi connectivity index (χ0) is 25.2. The number of nitrogens with zero attached hydrogens (tertiary/aromatic N) is 2. The molecular formula is C27H40N4O4. The van der Waals surface area contributed by atoms with E-state index in [0.29, 0.717) is 19.5 Å². The van der Waals surface area contributed by atoms with Gasteiger partial charge in [0, 0.05) is 50.8 Å². The summed E-state index contributed by atoms with van der Waals surface area (Å²) in [5, 5.41) is 11.4. The molecule has 0 aliphatic carbocycles. The molecule has 2 saturated heterocycles. The monoisotopic (exact) mass is 484 g/mol. The number of carboxylic acid groups (broad SMARTS) is 1. The van der Waals surface area contributed by atoms with E-state index in [1.807, 2.05) is 33.7 Å². The lowest BCUT2D eigenvalue weighted by atomic mass is 9.80. The number of aromatic nitrogens is 2. The van der Waals surface area contributed by atoms with Gasteiger partial charge in [-0.3, -0.25) is 9.36 Å². The second kappa shape index (κ2) is 10.6. The number of aromatic amines is 1. The number of H-pyrrole nitrogens is 1. The highest BCUT2D eigenvalue weighted by molar-refractivity contribution is 5.77. The van der Waals surface area contributed by atoms with Crippen molar-refractivity contribution in [1.82, 2.24) is 14.5 Å². The average molecular weight is 485 g/mol. The molecule has 192 valence electrons. The predicted octanol–water partition coefficient (Wildman–Crippen LogP) is 0.980. The van der Waals surface area contributed by atoms with Crippen LogP contribution in [0, 0.1) is 17.3 Å². The minimum absolute atomic E-state index is 0.0352. The Hall–Kier alpha value is -2.61. The molecule has 0 radical (unpaired) electrons. The van der Waals surface area contributed by atoms with Crippen molar-refractivity contribution in [2.24, 2.45) is 17.3 Å². The molecule has 1 amide bonds. The Morgan fingerprint density at radius 1 is 1.11 bits per heavy atom. The van der Waals surface area contributed by atoms with Crippen LogP contribution in [0.4, 0.5) is 0 Å². The van der Waals surface area contributed by atoms with Crippen molar-refractivity contribution in [3.05, 3.63) is 34.7 Å². The van der Waals surface area contributed by atoms with Crippen molar-refractivity contribution in [1.29, 1.82) is 0 Å². The SMILES string of the molecule is CC(C)(C)CC(=O)N1CC[C@@H](CC(=O)[O-])[C@@H](CC[NH+]2CCC(n3c(=O)[nH]c4ccccc43)CC2)C1. The molecule has 8 nitrogen and oxygen atoms in total. The second-order valence-corrected chi connectivity index (χ2v) is 11.8. The van der Waals surface area contributed by atoms with Crippen LogP contribution in [0.3, 0.4) is 0 Å². The normalized spacial score (nSPS) is 25.6. The van der Waals surface area contributed by atoms with E-state index in [9.17, 15) is 19.5 Å². The number of amides is 1. The van der Waals surface area contributed by atoms with E-state index in [1.54, 1.807) is 0 Å². The summed E-state index contributed by atoms with van der Waals surface area (Å²) in [6, 6.07) is 8.05. The fraction of sp³-hybridized carbons (Fsp3) is 0.667. The van der Waals surface area contributed by atoms with Gasteiger partial charge in [-0.2, -0.15) is 0 Å². The number of para-hydroxylation sites is 2. The summed E-state index contributed by atoms with van der Waals surface area (Å²) in [6.07, 6.45) is 4.12. The number of carboxylic acids is 1. The van der Waals surface area contributed by atoms with Crippen molar-refractivity contribution < 1.29 is 19.6 Å². The average Bonchev–Trinajstić information content (AvgIpc) is 3.13. The Morgan fingerprint density at radius 3 is 2.51 bits per heavy atom. The van der Waals surface area contributed by atoms with Gasteiger partial charge in [-0.25, -0.2) is 4.79 Å². The number of fused-ring (bicyclic) bond motifs is 1. The Bertz CT molecular complexity index is 1090. The molecule has 2 aromatic rings. The zero-order valence-electron chi connectivity index (χ0n) is 21.3. The van der Waals surface area contributed by atoms with Crippen molar-refractivity contribution in [3.8, 4) is 0 Å². The molecule has 0 spiro atoms. The number of piperidine rings is 2. The molecule has 0 saturated carbocycles. The van der Waals surface area contributed by atoms with E-state index < -0.39 is 5.97 Å². The van der Waals surface area contributed by atoms with Gasteiger partial charge in [0.15, 0.2) is 0 Å². The van der Waals surface area contributed by atoms with Gasteiger partial charge in [-0.15, -0.1) is 0 Å². The molecular weight excluding hydrogens is 444 g/mol. The Labute approximate surface area is 207 Å². The van der Waals surface area contributed by atoms with Crippen LogP contribution in [0.2, 0.25) is 0 Å². The number of carbonyl (C=O) groups excluding carboxylic acids is 2. The second-order valence-electron chi connectivity index (χ2n) is 11.8. The number of carbonyl (C=O) groups is 2. The van der Waals surface area contributed by atoms with Gasteiger partial charge in [-0.1, -0.05) is 32.9 Å². The molecule has 4 rings (SSSR count). The van der Waals surface area contributed by atoms with Crippen LogP contribution in [-0.2, 0) is 9.59 Å². The first-order valence-electron chi connectivity index (χ1n) is 13.1. The van der Waals surface area contributed by atoms with Crippen molar-refractivity contribution in [3.63, 3.8) is 0 Å². The van der Waals surface area contributed by atoms with Crippen LogP contribution in [0.25, 0.3) is 11.0 Å². The van der Waals surface area contributed by atoms with E-state index in [4.69, 9.17) is 0 Å². The molecule has 8 heteroatoms. The van der Waals surface area contributed by atoms with Gasteiger partial charge in [0.2, 0.25) is 5.91 Å². The van der Waals surface area contributed by atoms with Crippen molar-refractivity contribution in [2.45, 2.75) is 65.3 Å². The first-order valence-corrected chi connectivity index (χ1v) is 13.1. The Balaban J connectivity index is 1.34. The number of aliphatic carboxylic acids is 1. The van der Waals surface area contributed by atoms with Gasteiger partial charge in [0.1, 0.15) is 0 Å². The molecule has 35 heavy (non-hydrogen) atoms. The number of hydrogen-bond acceptors (Lipinski definition) is 4. The molecule has 0 unspecified atom stereocenters. The van der Waals surface area contributed by atoms with Gasteiger partial charge < -0.3 is 24.7 Å². The molecule has 2 fully saturated rings. The first-order chi connectivity index (χ1) is 16.6. The third-order valence-electron chi connectivity index (χ3n) is 7.87. The molecule has 2 aliphatic rings. The lowest BCUT2D eigenvalue weighted by molar-refractivity contribution is -0.906. The first kappa shape index (κ1) is 25.5. The molecule has 1 aromatic carbocycles. The van der Waals surface area contributed by atoms with Crippen LogP contribution in [0.1, 0.15) is 65.3 Å². The molecule has 2 atom stereocenters. The fourth-order valence-corrected chi connectivity index (χ4v) is 6.03. The van der Waals surface area contributed by atoms with Gasteiger partial charge in [-0.05, 0) is 42.2 Å². The van der Waals surface area contributed by atoms with Crippen LogP contribution >= 0.6 is 0 Å². The minimum atomic E-state index is -0.994. The molecule has 1 aromatic heterocycles. The van der Waals surface area contributed by atoms with Gasteiger partial charge in [0.05, 0.1) is 30.7 Å². The lowest BCUT2D eigenvalue weighted by Gasteiger charge is -2.40. The minimum Gasteiger partial charge on any atom is -0.550 e. The maximum atomic E-state index is 12.8. The number of quaternary nitrogens is 1. The standard InChI is InChI=1S/C27H40N4O4/c1-27(2,3)17-24(32)30-15-9-19(16-25(33)34)20(18-30)8-12-29-13-10-21(11-14-29)31-23-7-5-4-6-22(23)28-26(31)35/h4-7,19-21H,8-18H2,1-3H3,(H,28,35)(H,33,34)/t19-,20-/m0/s1. The summed E-state index contributed by atoms with van der Waals surface area (Å²) in [7, 11) is 0.